The number of amides is 1. The van der Waals surface area contributed by atoms with Crippen molar-refractivity contribution in [3.05, 3.63) is 0 Å². The van der Waals surface area contributed by atoms with Crippen molar-refractivity contribution in [2.45, 2.75) is 45.1 Å². The lowest BCUT2D eigenvalue weighted by Gasteiger charge is -2.28. The van der Waals surface area contributed by atoms with Crippen molar-refractivity contribution in [3.8, 4) is 0 Å². The van der Waals surface area contributed by atoms with Crippen LogP contribution in [-0.4, -0.2) is 25.0 Å². The van der Waals surface area contributed by atoms with Crippen molar-refractivity contribution in [3.63, 3.8) is 0 Å². The molecule has 15 heavy (non-hydrogen) atoms. The number of methoxy groups -OCH3 is 1. The van der Waals surface area contributed by atoms with E-state index in [0.29, 0.717) is 5.92 Å². The van der Waals surface area contributed by atoms with Gasteiger partial charge >= 0.3 is 11.9 Å². The number of carbonyl (C=O) groups is 2. The Bertz CT molecular complexity index is 240. The smallest absolute Gasteiger partial charge is 0.396 e. The molecular weight excluding hydrogens is 194 g/mol. The van der Waals surface area contributed by atoms with Gasteiger partial charge in [-0.3, -0.25) is 4.79 Å². The number of ether oxygens (including phenoxy) is 1. The molecule has 1 rings (SSSR count). The van der Waals surface area contributed by atoms with Crippen LogP contribution in [0.2, 0.25) is 0 Å². The molecule has 1 saturated carbocycles. The molecule has 0 aromatic rings. The third-order valence-electron chi connectivity index (χ3n) is 3.07. The van der Waals surface area contributed by atoms with E-state index in [4.69, 9.17) is 0 Å². The zero-order chi connectivity index (χ0) is 11.3. The standard InChI is InChI=1S/C11H19NO3/c1-3-8-5-4-6-9(7-8)12-10(13)11(14)15-2/h8-9H,3-7H2,1-2H3,(H,12,13). The normalized spacial score (nSPS) is 25.7. The molecule has 0 radical (unpaired) electrons. The molecule has 1 aliphatic rings. The van der Waals surface area contributed by atoms with E-state index in [1.54, 1.807) is 0 Å². The van der Waals surface area contributed by atoms with E-state index in [-0.39, 0.29) is 6.04 Å². The second-order valence-electron chi connectivity index (χ2n) is 4.10. The Morgan fingerprint density at radius 3 is 2.73 bits per heavy atom. The Labute approximate surface area is 90.4 Å². The van der Waals surface area contributed by atoms with Crippen LogP contribution in [-0.2, 0) is 14.3 Å². The molecule has 4 heteroatoms. The summed E-state index contributed by atoms with van der Waals surface area (Å²) in [7, 11) is 1.22. The van der Waals surface area contributed by atoms with Crippen LogP contribution in [0.4, 0.5) is 0 Å². The first-order chi connectivity index (χ1) is 7.17. The average molecular weight is 213 g/mol. The van der Waals surface area contributed by atoms with Crippen molar-refractivity contribution in [2.75, 3.05) is 7.11 Å². The van der Waals surface area contributed by atoms with Crippen molar-refractivity contribution in [1.29, 1.82) is 0 Å². The first-order valence-electron chi connectivity index (χ1n) is 5.56. The third-order valence-corrected chi connectivity index (χ3v) is 3.07. The fraction of sp³-hybridized carbons (Fsp3) is 0.818. The van der Waals surface area contributed by atoms with Crippen molar-refractivity contribution in [2.24, 2.45) is 5.92 Å². The number of hydrogen-bond donors (Lipinski definition) is 1. The molecule has 2 unspecified atom stereocenters. The van der Waals surface area contributed by atoms with Crippen LogP contribution in [0, 0.1) is 5.92 Å². The molecule has 4 nitrogen and oxygen atoms in total. The molecule has 2 atom stereocenters. The molecular formula is C11H19NO3. The first kappa shape index (κ1) is 12.0. The molecule has 1 amide bonds. The van der Waals surface area contributed by atoms with Crippen molar-refractivity contribution < 1.29 is 14.3 Å². The highest BCUT2D eigenvalue weighted by Crippen LogP contribution is 2.26. The maximum atomic E-state index is 11.3. The molecule has 86 valence electrons. The van der Waals surface area contributed by atoms with Gasteiger partial charge in [0, 0.05) is 6.04 Å². The van der Waals surface area contributed by atoms with Crippen LogP contribution in [0.3, 0.4) is 0 Å². The number of nitrogens with one attached hydrogen (secondary N) is 1. The summed E-state index contributed by atoms with van der Waals surface area (Å²) in [5.41, 5.74) is 0. The van der Waals surface area contributed by atoms with E-state index in [2.05, 4.69) is 17.0 Å². The summed E-state index contributed by atoms with van der Waals surface area (Å²) in [6.45, 7) is 2.16. The SMILES string of the molecule is CCC1CCCC(NC(=O)C(=O)OC)C1. The molecule has 0 aromatic heterocycles. The molecule has 0 saturated heterocycles. The predicted molar refractivity (Wildman–Crippen MR) is 56.2 cm³/mol. The van der Waals surface area contributed by atoms with E-state index < -0.39 is 11.9 Å². The van der Waals surface area contributed by atoms with Gasteiger partial charge in [0.2, 0.25) is 0 Å². The van der Waals surface area contributed by atoms with Crippen LogP contribution in [0.1, 0.15) is 39.0 Å². The lowest BCUT2D eigenvalue weighted by atomic mass is 9.84. The van der Waals surface area contributed by atoms with Crippen molar-refractivity contribution >= 4 is 11.9 Å². The Hall–Kier alpha value is -1.06. The predicted octanol–water partition coefficient (Wildman–Crippen LogP) is 1.24. The monoisotopic (exact) mass is 213 g/mol. The lowest BCUT2D eigenvalue weighted by molar-refractivity contribution is -0.153. The molecule has 0 bridgehead atoms. The zero-order valence-corrected chi connectivity index (χ0v) is 9.41. The van der Waals surface area contributed by atoms with Gasteiger partial charge in [-0.25, -0.2) is 4.79 Å². The first-order valence-corrected chi connectivity index (χ1v) is 5.56. The van der Waals surface area contributed by atoms with E-state index in [1.807, 2.05) is 0 Å². The summed E-state index contributed by atoms with van der Waals surface area (Å²) < 4.78 is 4.36. The van der Waals surface area contributed by atoms with Crippen LogP contribution in [0.5, 0.6) is 0 Å². The minimum atomic E-state index is -0.798. The highest BCUT2D eigenvalue weighted by molar-refractivity contribution is 6.32. The average Bonchev–Trinajstić information content (AvgIpc) is 2.28. The van der Waals surface area contributed by atoms with Gasteiger partial charge in [-0.05, 0) is 18.8 Å². The highest BCUT2D eigenvalue weighted by Gasteiger charge is 2.24. The van der Waals surface area contributed by atoms with Gasteiger partial charge in [-0.1, -0.05) is 26.2 Å². The van der Waals surface area contributed by atoms with Gasteiger partial charge in [-0.2, -0.15) is 0 Å². The van der Waals surface area contributed by atoms with Gasteiger partial charge in [0.25, 0.3) is 0 Å². The minimum absolute atomic E-state index is 0.148. The summed E-state index contributed by atoms with van der Waals surface area (Å²) in [6.07, 6.45) is 5.47. The lowest BCUT2D eigenvalue weighted by Crippen LogP contribution is -2.42. The van der Waals surface area contributed by atoms with Gasteiger partial charge in [-0.15, -0.1) is 0 Å². The molecule has 0 aliphatic heterocycles. The summed E-state index contributed by atoms with van der Waals surface area (Å²) in [6, 6.07) is 0.148. The number of hydrogen-bond acceptors (Lipinski definition) is 3. The number of esters is 1. The second kappa shape index (κ2) is 5.73. The van der Waals surface area contributed by atoms with E-state index >= 15 is 0 Å². The van der Waals surface area contributed by atoms with Gasteiger partial charge in [0.15, 0.2) is 0 Å². The quantitative estimate of drug-likeness (QED) is 0.554. The van der Waals surface area contributed by atoms with Crippen LogP contribution in [0.25, 0.3) is 0 Å². The van der Waals surface area contributed by atoms with Crippen LogP contribution in [0.15, 0.2) is 0 Å². The number of rotatable bonds is 2. The van der Waals surface area contributed by atoms with Gasteiger partial charge < -0.3 is 10.1 Å². The molecule has 1 N–H and O–H groups in total. The molecule has 0 heterocycles. The van der Waals surface area contributed by atoms with E-state index in [0.717, 1.165) is 25.7 Å². The molecule has 1 aliphatic carbocycles. The molecule has 0 spiro atoms. The van der Waals surface area contributed by atoms with E-state index in [1.165, 1.54) is 13.5 Å². The fourth-order valence-corrected chi connectivity index (χ4v) is 2.13. The largest absolute Gasteiger partial charge is 0.462 e. The number of carbonyl (C=O) groups excluding carboxylic acids is 2. The summed E-state index contributed by atoms with van der Waals surface area (Å²) in [5.74, 6) is -0.727. The molecule has 1 fully saturated rings. The highest BCUT2D eigenvalue weighted by atomic mass is 16.5. The molecule has 0 aromatic carbocycles. The summed E-state index contributed by atoms with van der Waals surface area (Å²) in [4.78, 5) is 22.2. The third kappa shape index (κ3) is 3.53. The zero-order valence-electron chi connectivity index (χ0n) is 9.41. The fourth-order valence-electron chi connectivity index (χ4n) is 2.13. The van der Waals surface area contributed by atoms with Gasteiger partial charge in [0.05, 0.1) is 7.11 Å². The summed E-state index contributed by atoms with van der Waals surface area (Å²) in [5, 5.41) is 2.72. The summed E-state index contributed by atoms with van der Waals surface area (Å²) >= 11 is 0. The van der Waals surface area contributed by atoms with E-state index in [9.17, 15) is 9.59 Å². The second-order valence-corrected chi connectivity index (χ2v) is 4.10. The topological polar surface area (TPSA) is 55.4 Å². The van der Waals surface area contributed by atoms with Gasteiger partial charge in [0.1, 0.15) is 0 Å². The Morgan fingerprint density at radius 2 is 2.13 bits per heavy atom. The van der Waals surface area contributed by atoms with Crippen LogP contribution < -0.4 is 5.32 Å². The van der Waals surface area contributed by atoms with Crippen molar-refractivity contribution in [1.82, 2.24) is 5.32 Å². The maximum Gasteiger partial charge on any atom is 0.396 e. The minimum Gasteiger partial charge on any atom is -0.462 e. The Balaban J connectivity index is 2.37. The maximum absolute atomic E-state index is 11.3. The Morgan fingerprint density at radius 1 is 1.40 bits per heavy atom. The Kier molecular flexibility index (Phi) is 4.59. The van der Waals surface area contributed by atoms with Crippen LogP contribution >= 0.6 is 0 Å².